The third-order valence-corrected chi connectivity index (χ3v) is 0. The molecule has 0 aliphatic carbocycles. The van der Waals surface area contributed by atoms with Crippen LogP contribution in [0.5, 0.6) is 0 Å². The molecule has 0 aliphatic heterocycles. The minimum absolute atomic E-state index is 0. The Morgan fingerprint density at radius 1 is 1.29 bits per heavy atom. The Kier molecular flexibility index (Phi) is 51.3. The summed E-state index contributed by atoms with van der Waals surface area (Å²) < 4.78 is 25.3. The van der Waals surface area contributed by atoms with E-state index in [0.717, 1.165) is 0 Å². The maximum atomic E-state index is 8.44. The van der Waals surface area contributed by atoms with Crippen LogP contribution in [0.3, 0.4) is 0 Å². The van der Waals surface area contributed by atoms with Gasteiger partial charge in [-0.1, -0.05) is 0 Å². The molecular formula is HCaNaO4S. The van der Waals surface area contributed by atoms with Gasteiger partial charge in [-0.25, -0.2) is 0 Å². The van der Waals surface area contributed by atoms with E-state index in [-0.39, 0.29) is 72.8 Å². The Bertz CT molecular complexity index is 34.7. The quantitative estimate of drug-likeness (QED) is 0.263. The van der Waals surface area contributed by atoms with Gasteiger partial charge in [0.2, 0.25) is 0 Å². The van der Waals surface area contributed by atoms with Gasteiger partial charge in [0.25, 0.3) is 0 Å². The molecule has 0 heterocycles. The smallest absolute Gasteiger partial charge is 0.870 e. The van der Waals surface area contributed by atoms with Crippen LogP contribution in [-0.2, 0) is 11.4 Å². The first-order valence-electron chi connectivity index (χ1n) is 0.500. The molecule has 0 saturated carbocycles. The van der Waals surface area contributed by atoms with Crippen LogP contribution in [-0.4, -0.2) is 56.5 Å². The topological polar surface area (TPSA) is 93.2 Å². The third-order valence-electron chi connectivity index (χ3n) is 0. The third kappa shape index (κ3) is 62.6. The first-order chi connectivity index (χ1) is 1.73. The fraction of sp³-hybridized carbons (Fsp3) is 0. The SMILES string of the molecule is O=S([O-])[O-].[Ca+2].[Na+].[OH-]. The Labute approximate surface area is 95.8 Å². The zero-order valence-electron chi connectivity index (χ0n) is 3.79. The van der Waals surface area contributed by atoms with Crippen molar-refractivity contribution in [3.05, 3.63) is 0 Å². The summed E-state index contributed by atoms with van der Waals surface area (Å²) in [5, 5.41) is 0. The summed E-state index contributed by atoms with van der Waals surface area (Å²) >= 11 is -3.11. The summed E-state index contributed by atoms with van der Waals surface area (Å²) in [6, 6.07) is 0. The Morgan fingerprint density at radius 2 is 1.29 bits per heavy atom. The van der Waals surface area contributed by atoms with Crippen LogP contribution >= 0.6 is 0 Å². The maximum absolute atomic E-state index is 8.44. The van der Waals surface area contributed by atoms with Crippen molar-refractivity contribution >= 4 is 49.1 Å². The maximum Gasteiger partial charge on any atom is 2.00 e. The van der Waals surface area contributed by atoms with Gasteiger partial charge in [0.05, 0.1) is 0 Å². The summed E-state index contributed by atoms with van der Waals surface area (Å²) in [4.78, 5) is 0. The van der Waals surface area contributed by atoms with Gasteiger partial charge in [-0.05, 0) is 0 Å². The van der Waals surface area contributed by atoms with Crippen molar-refractivity contribution in [2.75, 3.05) is 0 Å². The molecule has 0 rings (SSSR count). The van der Waals surface area contributed by atoms with E-state index < -0.39 is 11.4 Å². The minimum atomic E-state index is -3.11. The number of hydrogen-bond acceptors (Lipinski definition) is 4. The van der Waals surface area contributed by atoms with Crippen molar-refractivity contribution in [3.63, 3.8) is 0 Å². The largest absolute Gasteiger partial charge is 2.00 e. The fourth-order valence-corrected chi connectivity index (χ4v) is 0. The molecule has 0 atom stereocenters. The van der Waals surface area contributed by atoms with E-state index >= 15 is 0 Å². The van der Waals surface area contributed by atoms with Crippen molar-refractivity contribution in [1.29, 1.82) is 0 Å². The molecule has 0 saturated heterocycles. The van der Waals surface area contributed by atoms with Crippen LogP contribution in [0.1, 0.15) is 0 Å². The predicted molar refractivity (Wildman–Crippen MR) is 17.4 cm³/mol. The minimum Gasteiger partial charge on any atom is -0.870 e. The van der Waals surface area contributed by atoms with Crippen molar-refractivity contribution < 1.29 is 48.3 Å². The first kappa shape index (κ1) is 22.8. The molecule has 1 N–H and O–H groups in total. The molecule has 0 aromatic rings. The summed E-state index contributed by atoms with van der Waals surface area (Å²) in [6.45, 7) is 0. The van der Waals surface area contributed by atoms with Crippen LogP contribution in [0.25, 0.3) is 0 Å². The molecule has 0 fully saturated rings. The van der Waals surface area contributed by atoms with Crippen molar-refractivity contribution in [2.45, 2.75) is 0 Å². The summed E-state index contributed by atoms with van der Waals surface area (Å²) in [5.41, 5.74) is 0. The standard InChI is InChI=1S/Ca.Na.H2O3S.H2O/c;;1-4(2)3;/h;;(H2,1,2,3);1H2/q+2;+1;;/p-3. The summed E-state index contributed by atoms with van der Waals surface area (Å²) in [5.74, 6) is 0. The second-order valence-corrected chi connectivity index (χ2v) is 0.612. The Morgan fingerprint density at radius 3 is 1.29 bits per heavy atom. The van der Waals surface area contributed by atoms with Crippen LogP contribution < -0.4 is 29.6 Å². The van der Waals surface area contributed by atoms with Crippen molar-refractivity contribution in [1.82, 2.24) is 0 Å². The molecule has 0 spiro atoms. The van der Waals surface area contributed by atoms with E-state index in [1.807, 2.05) is 0 Å². The van der Waals surface area contributed by atoms with Crippen LogP contribution in [0.4, 0.5) is 0 Å². The fourth-order valence-electron chi connectivity index (χ4n) is 0. The van der Waals surface area contributed by atoms with Gasteiger partial charge in [0, 0.05) is 0 Å². The van der Waals surface area contributed by atoms with Crippen LogP contribution in [0.2, 0.25) is 0 Å². The van der Waals surface area contributed by atoms with E-state index in [0.29, 0.717) is 0 Å². The summed E-state index contributed by atoms with van der Waals surface area (Å²) in [7, 11) is 0. The molecule has 0 aliphatic rings. The van der Waals surface area contributed by atoms with Gasteiger partial charge < -0.3 is 14.6 Å². The molecule has 7 heavy (non-hydrogen) atoms. The average molecular weight is 160 g/mol. The first-order valence-corrected chi connectivity index (χ1v) is 1.50. The molecule has 0 radical (unpaired) electrons. The Hall–Kier alpha value is 2.29. The van der Waals surface area contributed by atoms with E-state index in [2.05, 4.69) is 0 Å². The van der Waals surface area contributed by atoms with Crippen LogP contribution in [0, 0.1) is 0 Å². The van der Waals surface area contributed by atoms with E-state index in [1.54, 1.807) is 0 Å². The van der Waals surface area contributed by atoms with Gasteiger partial charge in [-0.2, -0.15) is 0 Å². The van der Waals surface area contributed by atoms with Gasteiger partial charge in [-0.15, -0.1) is 11.4 Å². The van der Waals surface area contributed by atoms with Gasteiger partial charge >= 0.3 is 67.3 Å². The average Bonchev–Trinajstić information content (AvgIpc) is 0.811. The monoisotopic (exact) mass is 160 g/mol. The summed E-state index contributed by atoms with van der Waals surface area (Å²) in [6.07, 6.45) is 0. The molecule has 7 heteroatoms. The molecule has 34 valence electrons. The van der Waals surface area contributed by atoms with Gasteiger partial charge in [0.1, 0.15) is 0 Å². The molecule has 4 nitrogen and oxygen atoms in total. The van der Waals surface area contributed by atoms with E-state index in [1.165, 1.54) is 0 Å². The van der Waals surface area contributed by atoms with Crippen molar-refractivity contribution in [3.8, 4) is 0 Å². The molecule has 0 amide bonds. The van der Waals surface area contributed by atoms with Gasteiger partial charge in [-0.3, -0.25) is 4.21 Å². The Balaban J connectivity index is -0.0000000150. The van der Waals surface area contributed by atoms with Crippen LogP contribution in [0.15, 0.2) is 0 Å². The second kappa shape index (κ2) is 15.7. The molecule has 0 unspecified atom stereocenters. The predicted octanol–water partition coefficient (Wildman–Crippen LogP) is -4.56. The van der Waals surface area contributed by atoms with E-state index in [9.17, 15) is 0 Å². The molecule has 0 bridgehead atoms. The van der Waals surface area contributed by atoms with E-state index in [4.69, 9.17) is 13.3 Å². The van der Waals surface area contributed by atoms with Gasteiger partial charge in [0.15, 0.2) is 0 Å². The number of rotatable bonds is 0. The zero-order valence-corrected chi connectivity index (χ0v) is 8.81. The molecular weight excluding hydrogens is 159 g/mol. The van der Waals surface area contributed by atoms with Crippen molar-refractivity contribution in [2.24, 2.45) is 0 Å². The number of hydrogen-bond donors (Lipinski definition) is 0. The second-order valence-electron chi connectivity index (χ2n) is 0.204. The molecule has 0 aromatic carbocycles. The zero-order chi connectivity index (χ0) is 3.58. The molecule has 0 aromatic heterocycles. The normalized spacial score (nSPS) is 5.00.